The smallest absolute Gasteiger partial charge is 0.327 e. The van der Waals surface area contributed by atoms with E-state index in [1.165, 1.54) is 10.5 Å². The van der Waals surface area contributed by atoms with E-state index in [0.717, 1.165) is 11.1 Å². The quantitative estimate of drug-likeness (QED) is 0.810. The molecule has 4 atom stereocenters. The Morgan fingerprint density at radius 1 is 1.08 bits per heavy atom. The molecule has 4 unspecified atom stereocenters. The number of hydrogen-bond donors (Lipinski definition) is 2. The summed E-state index contributed by atoms with van der Waals surface area (Å²) in [4.78, 5) is 26.7. The van der Waals surface area contributed by atoms with Crippen molar-refractivity contribution in [1.82, 2.24) is 4.90 Å². The Labute approximate surface area is 156 Å². The van der Waals surface area contributed by atoms with E-state index in [-0.39, 0.29) is 23.9 Å². The number of urea groups is 1. The zero-order chi connectivity index (χ0) is 20.0. The van der Waals surface area contributed by atoms with Crippen LogP contribution in [0.15, 0.2) is 12.1 Å². The van der Waals surface area contributed by atoms with Gasteiger partial charge in [-0.3, -0.25) is 0 Å². The number of carbonyl (C=O) groups excluding carboxylic acids is 1. The Morgan fingerprint density at radius 3 is 2.04 bits per heavy atom. The fourth-order valence-corrected chi connectivity index (χ4v) is 4.23. The topological polar surface area (TPSA) is 69.6 Å². The van der Waals surface area contributed by atoms with Gasteiger partial charge < -0.3 is 15.3 Å². The van der Waals surface area contributed by atoms with E-state index in [4.69, 9.17) is 0 Å². The first-order valence-electron chi connectivity index (χ1n) is 9.29. The Balaban J connectivity index is 2.40. The van der Waals surface area contributed by atoms with E-state index in [1.807, 2.05) is 46.8 Å². The van der Waals surface area contributed by atoms with Gasteiger partial charge >= 0.3 is 12.0 Å². The molecule has 1 aliphatic rings. The molecule has 0 aromatic heterocycles. The molecular formula is C21H32N2O3. The van der Waals surface area contributed by atoms with E-state index < -0.39 is 17.4 Å². The summed E-state index contributed by atoms with van der Waals surface area (Å²) in [5, 5.41) is 12.8. The van der Waals surface area contributed by atoms with Crippen LogP contribution >= 0.6 is 0 Å². The van der Waals surface area contributed by atoms with Crippen molar-refractivity contribution >= 4 is 17.7 Å². The SMILES string of the molecule is Cc1cc(NC(=O)N2C(C)C(C)C(C)C(C)(C)C2C(=O)O)cc(C)c1C. The van der Waals surface area contributed by atoms with Crippen LogP contribution < -0.4 is 5.32 Å². The van der Waals surface area contributed by atoms with Gasteiger partial charge in [0.2, 0.25) is 0 Å². The summed E-state index contributed by atoms with van der Waals surface area (Å²) in [5.41, 5.74) is 3.58. The summed E-state index contributed by atoms with van der Waals surface area (Å²) in [5.74, 6) is -0.564. The summed E-state index contributed by atoms with van der Waals surface area (Å²) >= 11 is 0. The van der Waals surface area contributed by atoms with Gasteiger partial charge in [-0.1, -0.05) is 27.7 Å². The first-order chi connectivity index (χ1) is 11.9. The van der Waals surface area contributed by atoms with Gasteiger partial charge in [0, 0.05) is 11.7 Å². The normalized spacial score (nSPS) is 27.9. The average molecular weight is 360 g/mol. The molecule has 1 heterocycles. The molecule has 26 heavy (non-hydrogen) atoms. The van der Waals surface area contributed by atoms with E-state index in [2.05, 4.69) is 26.1 Å². The minimum atomic E-state index is -0.952. The number of carbonyl (C=O) groups is 2. The van der Waals surface area contributed by atoms with Gasteiger partial charge in [0.15, 0.2) is 0 Å². The van der Waals surface area contributed by atoms with Crippen molar-refractivity contribution in [2.75, 3.05) is 5.32 Å². The Morgan fingerprint density at radius 2 is 1.58 bits per heavy atom. The molecule has 5 nitrogen and oxygen atoms in total. The van der Waals surface area contributed by atoms with Crippen LogP contribution in [-0.4, -0.2) is 34.1 Å². The molecular weight excluding hydrogens is 328 g/mol. The molecule has 0 spiro atoms. The van der Waals surface area contributed by atoms with Crippen molar-refractivity contribution in [2.45, 2.75) is 67.5 Å². The van der Waals surface area contributed by atoms with Gasteiger partial charge in [-0.05, 0) is 73.8 Å². The molecule has 2 N–H and O–H groups in total. The number of anilines is 1. The molecule has 1 fully saturated rings. The standard InChI is InChI=1S/C21H32N2O3/c1-11-9-17(10-12(2)13(11)3)22-20(26)23-16(6)14(4)15(5)21(7,8)18(23)19(24)25/h9-10,14-16,18H,1-8H3,(H,22,26)(H,24,25). The maximum Gasteiger partial charge on any atom is 0.327 e. The number of aryl methyl sites for hydroxylation is 2. The van der Waals surface area contributed by atoms with E-state index in [9.17, 15) is 14.7 Å². The molecule has 0 radical (unpaired) electrons. The van der Waals surface area contributed by atoms with Crippen LogP contribution in [0.1, 0.15) is 51.3 Å². The highest BCUT2D eigenvalue weighted by molar-refractivity contribution is 5.93. The maximum absolute atomic E-state index is 13.1. The molecule has 0 bridgehead atoms. The van der Waals surface area contributed by atoms with Crippen molar-refractivity contribution in [1.29, 1.82) is 0 Å². The highest BCUT2D eigenvalue weighted by atomic mass is 16.4. The van der Waals surface area contributed by atoms with Crippen LogP contribution in [0.5, 0.6) is 0 Å². The Kier molecular flexibility index (Phi) is 5.41. The first kappa shape index (κ1) is 20.3. The van der Waals surface area contributed by atoms with Gasteiger partial charge in [-0.25, -0.2) is 9.59 Å². The molecule has 0 aliphatic carbocycles. The second kappa shape index (κ2) is 6.93. The van der Waals surface area contributed by atoms with E-state index in [1.54, 1.807) is 0 Å². The summed E-state index contributed by atoms with van der Waals surface area (Å²) in [6.07, 6.45) is 0. The van der Waals surface area contributed by atoms with Crippen molar-refractivity contribution in [2.24, 2.45) is 17.3 Å². The van der Waals surface area contributed by atoms with Crippen LogP contribution in [0.25, 0.3) is 0 Å². The second-order valence-electron chi connectivity index (χ2n) is 8.52. The van der Waals surface area contributed by atoms with E-state index >= 15 is 0 Å². The first-order valence-corrected chi connectivity index (χ1v) is 9.29. The highest BCUT2D eigenvalue weighted by Crippen LogP contribution is 2.45. The predicted octanol–water partition coefficient (Wildman–Crippen LogP) is 4.60. The minimum absolute atomic E-state index is 0.160. The van der Waals surface area contributed by atoms with Crippen molar-refractivity contribution in [3.63, 3.8) is 0 Å². The monoisotopic (exact) mass is 360 g/mol. The number of rotatable bonds is 2. The number of piperidine rings is 1. The molecule has 2 amide bonds. The predicted molar refractivity (Wildman–Crippen MR) is 105 cm³/mol. The van der Waals surface area contributed by atoms with Crippen LogP contribution in [-0.2, 0) is 4.79 Å². The lowest BCUT2D eigenvalue weighted by Crippen LogP contribution is -2.65. The van der Waals surface area contributed by atoms with Gasteiger partial charge in [0.25, 0.3) is 0 Å². The lowest BCUT2D eigenvalue weighted by Gasteiger charge is -2.54. The Bertz CT molecular complexity index is 703. The molecule has 1 aromatic rings. The van der Waals surface area contributed by atoms with Crippen molar-refractivity contribution < 1.29 is 14.7 Å². The molecule has 1 aromatic carbocycles. The average Bonchev–Trinajstić information content (AvgIpc) is 2.53. The van der Waals surface area contributed by atoms with Crippen molar-refractivity contribution in [3.8, 4) is 0 Å². The third-order valence-corrected chi connectivity index (χ3v) is 6.79. The number of nitrogens with one attached hydrogen (secondary N) is 1. The van der Waals surface area contributed by atoms with Crippen molar-refractivity contribution in [3.05, 3.63) is 28.8 Å². The number of nitrogens with zero attached hydrogens (tertiary/aromatic N) is 1. The fraction of sp³-hybridized carbons (Fsp3) is 0.619. The van der Waals surface area contributed by atoms with Gasteiger partial charge in [-0.2, -0.15) is 0 Å². The van der Waals surface area contributed by atoms with E-state index in [0.29, 0.717) is 5.69 Å². The number of hydrogen-bond acceptors (Lipinski definition) is 2. The van der Waals surface area contributed by atoms with Gasteiger partial charge in [0.1, 0.15) is 6.04 Å². The van der Waals surface area contributed by atoms with Gasteiger partial charge in [0.05, 0.1) is 0 Å². The second-order valence-corrected chi connectivity index (χ2v) is 8.52. The van der Waals surface area contributed by atoms with Crippen LogP contribution in [0, 0.1) is 38.0 Å². The summed E-state index contributed by atoms with van der Waals surface area (Å²) in [6.45, 7) is 16.1. The summed E-state index contributed by atoms with van der Waals surface area (Å²) < 4.78 is 0. The lowest BCUT2D eigenvalue weighted by molar-refractivity contribution is -0.155. The summed E-state index contributed by atoms with van der Waals surface area (Å²) in [6, 6.07) is 2.49. The highest BCUT2D eigenvalue weighted by Gasteiger charge is 2.53. The number of likely N-dealkylation sites (tertiary alicyclic amines) is 1. The lowest BCUT2D eigenvalue weighted by atomic mass is 9.63. The molecule has 1 aliphatic heterocycles. The number of benzene rings is 1. The number of carboxylic acids is 1. The summed E-state index contributed by atoms with van der Waals surface area (Å²) in [7, 11) is 0. The van der Waals surface area contributed by atoms with Gasteiger partial charge in [-0.15, -0.1) is 0 Å². The molecule has 1 saturated heterocycles. The molecule has 2 rings (SSSR count). The number of aliphatic carboxylic acids is 1. The van der Waals surface area contributed by atoms with Crippen LogP contribution in [0.2, 0.25) is 0 Å². The largest absolute Gasteiger partial charge is 0.480 e. The zero-order valence-corrected chi connectivity index (χ0v) is 17.2. The molecule has 5 heteroatoms. The number of amides is 2. The zero-order valence-electron chi connectivity index (χ0n) is 17.2. The maximum atomic E-state index is 13.1. The van der Waals surface area contributed by atoms with Crippen LogP contribution in [0.4, 0.5) is 10.5 Å². The molecule has 144 valence electrons. The number of carboxylic acid groups (broad SMARTS) is 1. The molecule has 0 saturated carbocycles. The Hall–Kier alpha value is -2.04. The minimum Gasteiger partial charge on any atom is -0.480 e. The third kappa shape index (κ3) is 3.31. The fourth-order valence-electron chi connectivity index (χ4n) is 4.23. The van der Waals surface area contributed by atoms with Crippen LogP contribution in [0.3, 0.4) is 0 Å². The third-order valence-electron chi connectivity index (χ3n) is 6.79.